The number of amides is 2. The Balaban J connectivity index is 1.83. The zero-order chi connectivity index (χ0) is 15.9. The van der Waals surface area contributed by atoms with Crippen LogP contribution < -0.4 is 10.6 Å². The molecule has 1 saturated carbocycles. The zero-order valence-electron chi connectivity index (χ0n) is 13.4. The van der Waals surface area contributed by atoms with Crippen molar-refractivity contribution in [3.8, 4) is 0 Å². The standard InChI is InChI=1S/C17H25N3O2/c1-18-17(22)13-8-10-14(11-9-13)19-12-16(21)20(2)15-6-4-3-5-7-15/h8-11,15,19H,3-7,12H2,1-2H3,(H,18,22). The highest BCUT2D eigenvalue weighted by atomic mass is 16.2. The molecule has 2 N–H and O–H groups in total. The third-order valence-electron chi connectivity index (χ3n) is 4.33. The summed E-state index contributed by atoms with van der Waals surface area (Å²) in [5.74, 6) is 0.00179. The second-order valence-corrected chi connectivity index (χ2v) is 5.81. The van der Waals surface area contributed by atoms with Crippen LogP contribution in [0.25, 0.3) is 0 Å². The number of benzene rings is 1. The van der Waals surface area contributed by atoms with Crippen molar-refractivity contribution in [2.24, 2.45) is 0 Å². The highest BCUT2D eigenvalue weighted by molar-refractivity contribution is 5.94. The van der Waals surface area contributed by atoms with Crippen LogP contribution in [-0.2, 0) is 4.79 Å². The van der Waals surface area contributed by atoms with Crippen LogP contribution in [0.1, 0.15) is 42.5 Å². The lowest BCUT2D eigenvalue weighted by molar-refractivity contribution is -0.130. The largest absolute Gasteiger partial charge is 0.376 e. The molecule has 1 fully saturated rings. The molecule has 1 aliphatic carbocycles. The molecule has 0 unspecified atom stereocenters. The van der Waals surface area contributed by atoms with Gasteiger partial charge in [0.2, 0.25) is 5.91 Å². The van der Waals surface area contributed by atoms with E-state index in [4.69, 9.17) is 0 Å². The minimum atomic E-state index is -0.111. The van der Waals surface area contributed by atoms with Crippen molar-refractivity contribution in [3.05, 3.63) is 29.8 Å². The minimum Gasteiger partial charge on any atom is -0.376 e. The summed E-state index contributed by atoms with van der Waals surface area (Å²) in [6.45, 7) is 0.284. The summed E-state index contributed by atoms with van der Waals surface area (Å²) in [5, 5.41) is 5.71. The van der Waals surface area contributed by atoms with Crippen LogP contribution in [0.15, 0.2) is 24.3 Å². The summed E-state index contributed by atoms with van der Waals surface area (Å²) < 4.78 is 0. The third kappa shape index (κ3) is 4.23. The number of anilines is 1. The summed E-state index contributed by atoms with van der Waals surface area (Å²) in [6, 6.07) is 7.52. The zero-order valence-corrected chi connectivity index (χ0v) is 13.4. The second kappa shape index (κ2) is 7.82. The van der Waals surface area contributed by atoms with Crippen molar-refractivity contribution in [1.82, 2.24) is 10.2 Å². The van der Waals surface area contributed by atoms with E-state index in [1.807, 2.05) is 24.1 Å². The maximum atomic E-state index is 12.2. The van der Waals surface area contributed by atoms with Crippen molar-refractivity contribution in [1.29, 1.82) is 0 Å². The predicted molar refractivity (Wildman–Crippen MR) is 88.0 cm³/mol. The Morgan fingerprint density at radius 2 is 1.77 bits per heavy atom. The molecule has 0 atom stereocenters. The molecule has 1 aromatic carbocycles. The first-order valence-corrected chi connectivity index (χ1v) is 7.93. The van der Waals surface area contributed by atoms with E-state index in [0.29, 0.717) is 11.6 Å². The van der Waals surface area contributed by atoms with Crippen molar-refractivity contribution in [2.45, 2.75) is 38.1 Å². The molecule has 2 rings (SSSR count). The summed E-state index contributed by atoms with van der Waals surface area (Å²) in [7, 11) is 3.50. The molecule has 1 aromatic rings. The Morgan fingerprint density at radius 1 is 1.14 bits per heavy atom. The summed E-state index contributed by atoms with van der Waals surface area (Å²) >= 11 is 0. The number of nitrogens with one attached hydrogen (secondary N) is 2. The molecule has 0 saturated heterocycles. The van der Waals surface area contributed by atoms with E-state index in [-0.39, 0.29) is 18.4 Å². The normalized spacial score (nSPS) is 15.2. The number of likely N-dealkylation sites (N-methyl/N-ethyl adjacent to an activating group) is 1. The van der Waals surface area contributed by atoms with Gasteiger partial charge in [0.25, 0.3) is 5.91 Å². The summed E-state index contributed by atoms with van der Waals surface area (Å²) in [5.41, 5.74) is 1.46. The fourth-order valence-corrected chi connectivity index (χ4v) is 2.86. The summed E-state index contributed by atoms with van der Waals surface area (Å²) in [6.07, 6.45) is 5.95. The van der Waals surface area contributed by atoms with Crippen molar-refractivity contribution in [2.75, 3.05) is 26.0 Å². The van der Waals surface area contributed by atoms with Crippen molar-refractivity contribution >= 4 is 17.5 Å². The quantitative estimate of drug-likeness (QED) is 0.877. The highest BCUT2D eigenvalue weighted by Gasteiger charge is 2.21. The molecule has 22 heavy (non-hydrogen) atoms. The van der Waals surface area contributed by atoms with Gasteiger partial charge in [0.05, 0.1) is 6.54 Å². The molecular formula is C17H25N3O2. The van der Waals surface area contributed by atoms with Crippen LogP contribution in [0, 0.1) is 0 Å². The first kappa shape index (κ1) is 16.3. The van der Waals surface area contributed by atoms with Gasteiger partial charge >= 0.3 is 0 Å². The van der Waals surface area contributed by atoms with Crippen LogP contribution >= 0.6 is 0 Å². The third-order valence-corrected chi connectivity index (χ3v) is 4.33. The van der Waals surface area contributed by atoms with Gasteiger partial charge in [0.15, 0.2) is 0 Å². The van der Waals surface area contributed by atoms with E-state index < -0.39 is 0 Å². The monoisotopic (exact) mass is 303 g/mol. The van der Waals surface area contributed by atoms with Crippen molar-refractivity contribution < 1.29 is 9.59 Å². The predicted octanol–water partition coefficient (Wildman–Crippen LogP) is 2.25. The van der Waals surface area contributed by atoms with E-state index in [2.05, 4.69) is 10.6 Å². The van der Waals surface area contributed by atoms with Gasteiger partial charge in [-0.2, -0.15) is 0 Å². The molecule has 5 nitrogen and oxygen atoms in total. The van der Waals surface area contributed by atoms with Gasteiger partial charge in [-0.15, -0.1) is 0 Å². The number of hydrogen-bond acceptors (Lipinski definition) is 3. The summed E-state index contributed by atoms with van der Waals surface area (Å²) in [4.78, 5) is 25.6. The van der Waals surface area contributed by atoms with Gasteiger partial charge < -0.3 is 15.5 Å². The first-order valence-electron chi connectivity index (χ1n) is 7.93. The average Bonchev–Trinajstić information content (AvgIpc) is 2.59. The average molecular weight is 303 g/mol. The van der Waals surface area contributed by atoms with E-state index in [1.165, 1.54) is 19.3 Å². The Bertz CT molecular complexity index is 507. The Hall–Kier alpha value is -2.04. The Kier molecular flexibility index (Phi) is 5.81. The van der Waals surface area contributed by atoms with Crippen LogP contribution in [-0.4, -0.2) is 43.4 Å². The Morgan fingerprint density at radius 3 is 2.36 bits per heavy atom. The molecule has 0 spiro atoms. The molecule has 2 amide bonds. The number of hydrogen-bond donors (Lipinski definition) is 2. The maximum absolute atomic E-state index is 12.2. The molecule has 0 aromatic heterocycles. The number of nitrogens with zero attached hydrogens (tertiary/aromatic N) is 1. The van der Waals surface area contributed by atoms with Crippen LogP contribution in [0.5, 0.6) is 0 Å². The molecule has 0 radical (unpaired) electrons. The van der Waals surface area contributed by atoms with Gasteiger partial charge in [-0.05, 0) is 37.1 Å². The molecule has 0 aliphatic heterocycles. The lowest BCUT2D eigenvalue weighted by Crippen LogP contribution is -2.41. The van der Waals surface area contributed by atoms with E-state index in [1.54, 1.807) is 19.2 Å². The van der Waals surface area contributed by atoms with Crippen molar-refractivity contribution in [3.63, 3.8) is 0 Å². The molecule has 1 aliphatic rings. The molecular weight excluding hydrogens is 278 g/mol. The molecule has 120 valence electrons. The minimum absolute atomic E-state index is 0.111. The van der Waals surface area contributed by atoms with Gasteiger partial charge in [0, 0.05) is 31.4 Å². The van der Waals surface area contributed by atoms with Crippen LogP contribution in [0.3, 0.4) is 0 Å². The topological polar surface area (TPSA) is 61.4 Å². The Labute approximate surface area is 132 Å². The van der Waals surface area contributed by atoms with E-state index >= 15 is 0 Å². The smallest absolute Gasteiger partial charge is 0.251 e. The maximum Gasteiger partial charge on any atom is 0.251 e. The lowest BCUT2D eigenvalue weighted by atomic mass is 9.94. The van der Waals surface area contributed by atoms with Gasteiger partial charge in [0.1, 0.15) is 0 Å². The van der Waals surface area contributed by atoms with E-state index in [0.717, 1.165) is 18.5 Å². The number of carbonyl (C=O) groups is 2. The first-order chi connectivity index (χ1) is 10.6. The SMILES string of the molecule is CNC(=O)c1ccc(NCC(=O)N(C)C2CCCCC2)cc1. The number of carbonyl (C=O) groups excluding carboxylic acids is 2. The lowest BCUT2D eigenvalue weighted by Gasteiger charge is -2.31. The molecule has 0 bridgehead atoms. The van der Waals surface area contributed by atoms with Gasteiger partial charge in [-0.3, -0.25) is 9.59 Å². The molecule has 5 heteroatoms. The second-order valence-electron chi connectivity index (χ2n) is 5.81. The van der Waals surface area contributed by atoms with Crippen LogP contribution in [0.4, 0.5) is 5.69 Å². The fraction of sp³-hybridized carbons (Fsp3) is 0.529. The van der Waals surface area contributed by atoms with E-state index in [9.17, 15) is 9.59 Å². The fourth-order valence-electron chi connectivity index (χ4n) is 2.86. The molecule has 0 heterocycles. The number of rotatable bonds is 5. The highest BCUT2D eigenvalue weighted by Crippen LogP contribution is 2.21. The van der Waals surface area contributed by atoms with Gasteiger partial charge in [-0.25, -0.2) is 0 Å². The van der Waals surface area contributed by atoms with Gasteiger partial charge in [-0.1, -0.05) is 19.3 Å². The van der Waals surface area contributed by atoms with Crippen LogP contribution in [0.2, 0.25) is 0 Å².